The molecule has 1 rings (SSSR count). The van der Waals surface area contributed by atoms with Crippen molar-refractivity contribution in [3.05, 3.63) is 30.1 Å². The zero-order chi connectivity index (χ0) is 15.1. The maximum absolute atomic E-state index is 13.0. The predicted molar refractivity (Wildman–Crippen MR) is 76.7 cm³/mol. The van der Waals surface area contributed by atoms with Crippen molar-refractivity contribution in [2.75, 3.05) is 5.32 Å². The minimum atomic E-state index is -0.785. The van der Waals surface area contributed by atoms with Crippen molar-refractivity contribution in [3.8, 4) is 0 Å². The zero-order valence-corrected chi connectivity index (χ0v) is 12.1. The van der Waals surface area contributed by atoms with E-state index < -0.39 is 17.6 Å². The molecule has 0 fully saturated rings. The first-order valence-corrected chi connectivity index (χ1v) is 6.76. The molecule has 1 aromatic carbocycles. The first-order valence-electron chi connectivity index (χ1n) is 6.76. The topological polar surface area (TPSA) is 58.2 Å². The lowest BCUT2D eigenvalue weighted by Crippen LogP contribution is -2.40. The summed E-state index contributed by atoms with van der Waals surface area (Å²) in [7, 11) is 0. The highest BCUT2D eigenvalue weighted by atomic mass is 19.1. The van der Waals surface area contributed by atoms with Crippen LogP contribution in [0.25, 0.3) is 0 Å². The molecule has 0 bridgehead atoms. The molecule has 110 valence electrons. The summed E-state index contributed by atoms with van der Waals surface area (Å²) in [5.74, 6) is -1.40. The molecule has 0 saturated carbocycles. The Kier molecular flexibility index (Phi) is 6.15. The van der Waals surface area contributed by atoms with Crippen LogP contribution in [0.5, 0.6) is 0 Å². The number of carbonyl (C=O) groups is 2. The SMILES string of the molecule is CC(C)CCC(C)NC(=O)C(=O)Nc1cccc(F)c1. The van der Waals surface area contributed by atoms with Crippen molar-refractivity contribution >= 4 is 17.5 Å². The number of rotatable bonds is 5. The third-order valence-electron chi connectivity index (χ3n) is 2.84. The van der Waals surface area contributed by atoms with Gasteiger partial charge in [-0.3, -0.25) is 9.59 Å². The molecule has 4 nitrogen and oxygen atoms in total. The Balaban J connectivity index is 2.45. The number of benzene rings is 1. The largest absolute Gasteiger partial charge is 0.345 e. The Morgan fingerprint density at radius 3 is 2.45 bits per heavy atom. The fourth-order valence-corrected chi connectivity index (χ4v) is 1.70. The first-order chi connectivity index (χ1) is 9.38. The van der Waals surface area contributed by atoms with Crippen LogP contribution in [0.15, 0.2) is 24.3 Å². The molecule has 1 aromatic rings. The van der Waals surface area contributed by atoms with Crippen LogP contribution >= 0.6 is 0 Å². The van der Waals surface area contributed by atoms with Crippen LogP contribution in [0, 0.1) is 11.7 Å². The van der Waals surface area contributed by atoms with Gasteiger partial charge in [-0.2, -0.15) is 0 Å². The van der Waals surface area contributed by atoms with Gasteiger partial charge in [0.2, 0.25) is 0 Å². The Hall–Kier alpha value is -1.91. The number of amides is 2. The lowest BCUT2D eigenvalue weighted by Gasteiger charge is -2.14. The van der Waals surface area contributed by atoms with Gasteiger partial charge in [0.25, 0.3) is 0 Å². The number of anilines is 1. The second kappa shape index (κ2) is 7.62. The van der Waals surface area contributed by atoms with Crippen LogP contribution in [0.1, 0.15) is 33.6 Å². The van der Waals surface area contributed by atoms with E-state index in [4.69, 9.17) is 0 Å². The first kappa shape index (κ1) is 16.1. The van der Waals surface area contributed by atoms with Crippen molar-refractivity contribution in [2.24, 2.45) is 5.92 Å². The molecular weight excluding hydrogens is 259 g/mol. The van der Waals surface area contributed by atoms with E-state index in [0.717, 1.165) is 18.9 Å². The summed E-state index contributed by atoms with van der Waals surface area (Å²) in [6.45, 7) is 6.06. The minimum absolute atomic E-state index is 0.0665. The van der Waals surface area contributed by atoms with E-state index in [1.54, 1.807) is 0 Å². The molecule has 2 amide bonds. The van der Waals surface area contributed by atoms with Gasteiger partial charge in [-0.15, -0.1) is 0 Å². The number of halogens is 1. The summed E-state index contributed by atoms with van der Waals surface area (Å²) in [5, 5.41) is 4.99. The van der Waals surface area contributed by atoms with E-state index in [-0.39, 0.29) is 11.7 Å². The predicted octanol–water partition coefficient (Wildman–Crippen LogP) is 2.71. The van der Waals surface area contributed by atoms with Crippen molar-refractivity contribution in [1.29, 1.82) is 0 Å². The van der Waals surface area contributed by atoms with Gasteiger partial charge >= 0.3 is 11.8 Å². The molecule has 1 atom stereocenters. The van der Waals surface area contributed by atoms with Crippen LogP contribution in [0.2, 0.25) is 0 Å². The molecule has 1 unspecified atom stereocenters. The maximum Gasteiger partial charge on any atom is 0.313 e. The van der Waals surface area contributed by atoms with Crippen molar-refractivity contribution in [1.82, 2.24) is 5.32 Å². The van der Waals surface area contributed by atoms with Gasteiger partial charge < -0.3 is 10.6 Å². The van der Waals surface area contributed by atoms with Crippen LogP contribution < -0.4 is 10.6 Å². The van der Waals surface area contributed by atoms with Crippen LogP contribution in [0.3, 0.4) is 0 Å². The Labute approximate surface area is 118 Å². The van der Waals surface area contributed by atoms with Gasteiger partial charge in [-0.25, -0.2) is 4.39 Å². The summed E-state index contributed by atoms with van der Waals surface area (Å²) in [6.07, 6.45) is 1.80. The lowest BCUT2D eigenvalue weighted by molar-refractivity contribution is -0.136. The highest BCUT2D eigenvalue weighted by Gasteiger charge is 2.16. The molecule has 0 spiro atoms. The Morgan fingerprint density at radius 2 is 1.85 bits per heavy atom. The molecule has 0 aromatic heterocycles. The second-order valence-electron chi connectivity index (χ2n) is 5.31. The molecule has 2 N–H and O–H groups in total. The quantitative estimate of drug-likeness (QED) is 0.815. The number of hydrogen-bond acceptors (Lipinski definition) is 2. The van der Waals surface area contributed by atoms with Crippen LogP contribution in [-0.2, 0) is 9.59 Å². The van der Waals surface area contributed by atoms with Gasteiger partial charge in [-0.05, 0) is 43.9 Å². The summed E-state index contributed by atoms with van der Waals surface area (Å²) >= 11 is 0. The second-order valence-corrected chi connectivity index (χ2v) is 5.31. The average Bonchev–Trinajstić information content (AvgIpc) is 2.36. The smallest absolute Gasteiger partial charge is 0.313 e. The summed E-state index contributed by atoms with van der Waals surface area (Å²) < 4.78 is 13.0. The van der Waals surface area contributed by atoms with Gasteiger partial charge in [-0.1, -0.05) is 19.9 Å². The van der Waals surface area contributed by atoms with Gasteiger partial charge in [0.1, 0.15) is 5.82 Å². The van der Waals surface area contributed by atoms with Gasteiger partial charge in [0.15, 0.2) is 0 Å². The van der Waals surface area contributed by atoms with Crippen molar-refractivity contribution in [3.63, 3.8) is 0 Å². The normalized spacial score (nSPS) is 12.1. The molecule has 0 saturated heterocycles. The van der Waals surface area contributed by atoms with Crippen molar-refractivity contribution < 1.29 is 14.0 Å². The summed E-state index contributed by atoms with van der Waals surface area (Å²) in [6, 6.07) is 5.35. The minimum Gasteiger partial charge on any atom is -0.345 e. The molecular formula is C15H21FN2O2. The van der Waals surface area contributed by atoms with Gasteiger partial charge in [0, 0.05) is 11.7 Å². The Morgan fingerprint density at radius 1 is 1.15 bits per heavy atom. The standard InChI is InChI=1S/C15H21FN2O2/c1-10(2)7-8-11(3)17-14(19)15(20)18-13-6-4-5-12(16)9-13/h4-6,9-11H,7-8H2,1-3H3,(H,17,19)(H,18,20). The monoisotopic (exact) mass is 280 g/mol. The van der Waals surface area contributed by atoms with E-state index in [0.29, 0.717) is 5.92 Å². The lowest BCUT2D eigenvalue weighted by atomic mass is 10.0. The zero-order valence-electron chi connectivity index (χ0n) is 12.1. The fraction of sp³-hybridized carbons (Fsp3) is 0.467. The van der Waals surface area contributed by atoms with Crippen LogP contribution in [-0.4, -0.2) is 17.9 Å². The van der Waals surface area contributed by atoms with Gasteiger partial charge in [0.05, 0.1) is 0 Å². The maximum atomic E-state index is 13.0. The third-order valence-corrected chi connectivity index (χ3v) is 2.84. The molecule has 0 aliphatic heterocycles. The average molecular weight is 280 g/mol. The van der Waals surface area contributed by atoms with Crippen molar-refractivity contribution in [2.45, 2.75) is 39.7 Å². The fourth-order valence-electron chi connectivity index (χ4n) is 1.70. The van der Waals surface area contributed by atoms with Crippen LogP contribution in [0.4, 0.5) is 10.1 Å². The third kappa shape index (κ3) is 5.82. The van der Waals surface area contributed by atoms with E-state index in [1.807, 2.05) is 6.92 Å². The van der Waals surface area contributed by atoms with E-state index >= 15 is 0 Å². The Bertz CT molecular complexity index is 475. The molecule has 5 heteroatoms. The number of hydrogen-bond donors (Lipinski definition) is 2. The molecule has 0 aliphatic carbocycles. The number of carbonyl (C=O) groups excluding carboxylic acids is 2. The van der Waals surface area contributed by atoms with E-state index in [1.165, 1.54) is 18.2 Å². The summed E-state index contributed by atoms with van der Waals surface area (Å²) in [4.78, 5) is 23.3. The molecule has 0 radical (unpaired) electrons. The highest BCUT2D eigenvalue weighted by molar-refractivity contribution is 6.39. The summed E-state index contributed by atoms with van der Waals surface area (Å²) in [5.41, 5.74) is 0.264. The highest BCUT2D eigenvalue weighted by Crippen LogP contribution is 2.09. The number of nitrogens with one attached hydrogen (secondary N) is 2. The van der Waals surface area contributed by atoms with E-state index in [9.17, 15) is 14.0 Å². The van der Waals surface area contributed by atoms with E-state index in [2.05, 4.69) is 24.5 Å². The molecule has 0 heterocycles. The molecule has 0 aliphatic rings. The molecule has 20 heavy (non-hydrogen) atoms.